The lowest BCUT2D eigenvalue weighted by Crippen LogP contribution is -2.04. The molecule has 0 amide bonds. The summed E-state index contributed by atoms with van der Waals surface area (Å²) in [5.74, 6) is 2.25. The predicted octanol–water partition coefficient (Wildman–Crippen LogP) is 7.20. The first-order valence-electron chi connectivity index (χ1n) is 9.79. The van der Waals surface area contributed by atoms with E-state index in [1.165, 1.54) is 0 Å². The molecule has 0 N–H and O–H groups in total. The van der Waals surface area contributed by atoms with E-state index in [1.807, 2.05) is 35.9 Å². The Morgan fingerprint density at radius 2 is 1.91 bits per heavy atom. The lowest BCUT2D eigenvalue weighted by molar-refractivity contribution is 0.309. The molecule has 0 aliphatic rings. The van der Waals surface area contributed by atoms with Crippen molar-refractivity contribution in [2.75, 3.05) is 6.61 Å². The molecule has 0 unspecified atom stereocenters. The van der Waals surface area contributed by atoms with Crippen molar-refractivity contribution in [3.05, 3.63) is 74.4 Å². The highest BCUT2D eigenvalue weighted by molar-refractivity contribution is 7.98. The number of hydrogen-bond acceptors (Lipinski definition) is 6. The molecule has 0 aliphatic carbocycles. The van der Waals surface area contributed by atoms with Gasteiger partial charge in [-0.3, -0.25) is 0 Å². The van der Waals surface area contributed by atoms with Gasteiger partial charge in [0.2, 0.25) is 0 Å². The smallest absolute Gasteiger partial charge is 0.191 e. The quantitative estimate of drug-likeness (QED) is 0.171. The molecule has 2 aromatic carbocycles. The molecule has 0 fully saturated rings. The molecule has 32 heavy (non-hydrogen) atoms. The van der Waals surface area contributed by atoms with E-state index >= 15 is 0 Å². The highest BCUT2D eigenvalue weighted by Crippen LogP contribution is 2.32. The Hall–Kier alpha value is -1.77. The van der Waals surface area contributed by atoms with E-state index < -0.39 is 0 Å². The molecule has 2 aromatic heterocycles. The molecule has 4 aromatic rings. The largest absolute Gasteiger partial charge is 0.492 e. The van der Waals surface area contributed by atoms with E-state index in [0.29, 0.717) is 33.2 Å². The highest BCUT2D eigenvalue weighted by Gasteiger charge is 2.12. The zero-order chi connectivity index (χ0) is 22.5. The maximum atomic E-state index is 6.28. The summed E-state index contributed by atoms with van der Waals surface area (Å²) in [5.41, 5.74) is 1.95. The minimum atomic E-state index is 0.509. The van der Waals surface area contributed by atoms with Gasteiger partial charge in [-0.1, -0.05) is 64.8 Å². The average Bonchev–Trinajstić information content (AvgIpc) is 3.38. The van der Waals surface area contributed by atoms with Crippen LogP contribution in [0.15, 0.2) is 53.0 Å². The molecular formula is C22H19Cl3N4OS2. The van der Waals surface area contributed by atoms with Gasteiger partial charge in [0.1, 0.15) is 16.6 Å². The third-order valence-electron chi connectivity index (χ3n) is 4.63. The second-order valence-electron chi connectivity index (χ2n) is 6.90. The molecule has 0 saturated heterocycles. The van der Waals surface area contributed by atoms with Gasteiger partial charge in [-0.25, -0.2) is 4.98 Å². The predicted molar refractivity (Wildman–Crippen MR) is 133 cm³/mol. The van der Waals surface area contributed by atoms with Crippen LogP contribution < -0.4 is 4.74 Å². The first-order valence-corrected chi connectivity index (χ1v) is 12.8. The number of aryl methyl sites for hydroxylation is 1. The van der Waals surface area contributed by atoms with Gasteiger partial charge in [-0.2, -0.15) is 0 Å². The number of halogens is 3. The van der Waals surface area contributed by atoms with Gasteiger partial charge in [0.15, 0.2) is 5.16 Å². The van der Waals surface area contributed by atoms with Crippen LogP contribution in [0.2, 0.25) is 15.1 Å². The Kier molecular flexibility index (Phi) is 7.97. The molecule has 0 atom stereocenters. The number of benzene rings is 2. The maximum absolute atomic E-state index is 6.28. The summed E-state index contributed by atoms with van der Waals surface area (Å²) in [6.45, 7) is 0.528. The van der Waals surface area contributed by atoms with E-state index in [1.54, 1.807) is 41.3 Å². The summed E-state index contributed by atoms with van der Waals surface area (Å²) in [7, 11) is 1.98. The average molecular weight is 526 g/mol. The van der Waals surface area contributed by atoms with E-state index in [0.717, 1.165) is 40.1 Å². The van der Waals surface area contributed by atoms with Gasteiger partial charge in [-0.15, -0.1) is 21.5 Å². The van der Waals surface area contributed by atoms with E-state index in [-0.39, 0.29) is 0 Å². The van der Waals surface area contributed by atoms with Crippen LogP contribution in [-0.4, -0.2) is 26.4 Å². The number of thioether (sulfide) groups is 1. The van der Waals surface area contributed by atoms with Gasteiger partial charge < -0.3 is 9.30 Å². The molecule has 0 bridgehead atoms. The Bertz CT molecular complexity index is 1210. The molecule has 0 spiro atoms. The van der Waals surface area contributed by atoms with Crippen molar-refractivity contribution in [1.82, 2.24) is 19.7 Å². The molecule has 2 heterocycles. The van der Waals surface area contributed by atoms with E-state index in [9.17, 15) is 0 Å². The topological polar surface area (TPSA) is 52.8 Å². The highest BCUT2D eigenvalue weighted by atomic mass is 35.5. The molecule has 0 radical (unpaired) electrons. The molecule has 0 aliphatic heterocycles. The molecule has 5 nitrogen and oxygen atoms in total. The SMILES string of the molecule is Cn1c(CCCOc2ccc(Cl)cc2Cl)nnc1SCc1csc(-c2ccccc2Cl)n1. The van der Waals surface area contributed by atoms with Crippen molar-refractivity contribution in [3.63, 3.8) is 0 Å². The summed E-state index contributed by atoms with van der Waals surface area (Å²) >= 11 is 21.5. The zero-order valence-corrected chi connectivity index (χ0v) is 21.0. The molecule has 10 heteroatoms. The fourth-order valence-corrected chi connectivity index (χ4v) is 5.49. The standard InChI is InChI=1S/C22H19Cl3N4OS2/c1-29-20(7-4-10-30-19-9-8-14(23)11-18(19)25)27-28-22(29)32-13-15-12-31-21(26-15)16-5-2-3-6-17(16)24/h2-3,5-6,8-9,11-12H,4,7,10,13H2,1H3. The number of ether oxygens (including phenoxy) is 1. The second kappa shape index (κ2) is 10.9. The van der Waals surface area contributed by atoms with Crippen molar-refractivity contribution in [3.8, 4) is 16.3 Å². The first-order chi connectivity index (χ1) is 15.5. The normalized spacial score (nSPS) is 11.1. The van der Waals surface area contributed by atoms with E-state index in [2.05, 4.69) is 15.6 Å². The van der Waals surface area contributed by atoms with Gasteiger partial charge in [-0.05, 0) is 30.7 Å². The number of hydrogen-bond donors (Lipinski definition) is 0. The van der Waals surface area contributed by atoms with Crippen LogP contribution >= 0.6 is 57.9 Å². The fraction of sp³-hybridized carbons (Fsp3) is 0.227. The Morgan fingerprint density at radius 3 is 2.72 bits per heavy atom. The number of rotatable bonds is 9. The van der Waals surface area contributed by atoms with Crippen molar-refractivity contribution in [2.45, 2.75) is 23.8 Å². The molecule has 166 valence electrons. The monoisotopic (exact) mass is 524 g/mol. The number of thiazole rings is 1. The van der Waals surface area contributed by atoms with Crippen molar-refractivity contribution >= 4 is 57.9 Å². The first kappa shape index (κ1) is 23.4. The van der Waals surface area contributed by atoms with Crippen molar-refractivity contribution < 1.29 is 4.74 Å². The van der Waals surface area contributed by atoms with Gasteiger partial charge >= 0.3 is 0 Å². The minimum Gasteiger partial charge on any atom is -0.492 e. The number of nitrogens with zero attached hydrogens (tertiary/aromatic N) is 4. The molecule has 0 saturated carbocycles. The fourth-order valence-electron chi connectivity index (χ4n) is 2.96. The van der Waals surface area contributed by atoms with Crippen LogP contribution in [-0.2, 0) is 19.2 Å². The van der Waals surface area contributed by atoms with Crippen LogP contribution in [0.4, 0.5) is 0 Å². The lowest BCUT2D eigenvalue weighted by Gasteiger charge is -2.08. The Balaban J connectivity index is 1.28. The third-order valence-corrected chi connectivity index (χ3v) is 7.46. The molecular weight excluding hydrogens is 507 g/mol. The zero-order valence-electron chi connectivity index (χ0n) is 17.1. The van der Waals surface area contributed by atoms with Crippen LogP contribution in [0, 0.1) is 0 Å². The van der Waals surface area contributed by atoms with Crippen LogP contribution in [0.5, 0.6) is 5.75 Å². The van der Waals surface area contributed by atoms with E-state index in [4.69, 9.17) is 44.5 Å². The Morgan fingerprint density at radius 1 is 1.06 bits per heavy atom. The van der Waals surface area contributed by atoms with Crippen LogP contribution in [0.1, 0.15) is 17.9 Å². The van der Waals surface area contributed by atoms with Crippen LogP contribution in [0.3, 0.4) is 0 Å². The van der Waals surface area contributed by atoms with Crippen molar-refractivity contribution in [2.24, 2.45) is 7.05 Å². The minimum absolute atomic E-state index is 0.509. The Labute approximate surface area is 209 Å². The maximum Gasteiger partial charge on any atom is 0.191 e. The van der Waals surface area contributed by atoms with Crippen molar-refractivity contribution in [1.29, 1.82) is 0 Å². The van der Waals surface area contributed by atoms with Gasteiger partial charge in [0.05, 0.1) is 22.3 Å². The van der Waals surface area contributed by atoms with Crippen LogP contribution in [0.25, 0.3) is 10.6 Å². The summed E-state index contributed by atoms with van der Waals surface area (Å²) in [6.07, 6.45) is 1.55. The third kappa shape index (κ3) is 5.77. The summed E-state index contributed by atoms with van der Waals surface area (Å²) < 4.78 is 7.76. The summed E-state index contributed by atoms with van der Waals surface area (Å²) in [4.78, 5) is 4.72. The summed E-state index contributed by atoms with van der Waals surface area (Å²) in [5, 5.41) is 14.3. The molecule has 4 rings (SSSR count). The second-order valence-corrected chi connectivity index (χ2v) is 9.95. The lowest BCUT2D eigenvalue weighted by atomic mass is 10.2. The van der Waals surface area contributed by atoms with Gasteiger partial charge in [0, 0.05) is 35.2 Å². The number of aromatic nitrogens is 4. The van der Waals surface area contributed by atoms with Gasteiger partial charge in [0.25, 0.3) is 0 Å². The summed E-state index contributed by atoms with van der Waals surface area (Å²) in [6, 6.07) is 12.9.